The molecule has 0 atom stereocenters. The van der Waals surface area contributed by atoms with E-state index in [2.05, 4.69) is 9.44 Å². The maximum atomic E-state index is 12.6. The van der Waals surface area contributed by atoms with Crippen LogP contribution >= 0.6 is 0 Å². The summed E-state index contributed by atoms with van der Waals surface area (Å²) in [6, 6.07) is 16.6. The Balaban J connectivity index is 1.81. The third-order valence-corrected chi connectivity index (χ3v) is 6.91. The number of nitro groups is 1. The maximum absolute atomic E-state index is 12.6. The van der Waals surface area contributed by atoms with Crippen LogP contribution in [0.5, 0.6) is 0 Å². The molecule has 0 aliphatic heterocycles. The number of benzene rings is 3. The number of sulfonamides is 2. The van der Waals surface area contributed by atoms with E-state index in [-0.39, 0.29) is 21.2 Å². The fraction of sp³-hybridized carbons (Fsp3) is 0.0526. The Morgan fingerprint density at radius 1 is 0.767 bits per heavy atom. The van der Waals surface area contributed by atoms with Gasteiger partial charge in [-0.25, -0.2) is 16.8 Å². The molecule has 3 aromatic rings. The Bertz CT molecular complexity index is 1300. The molecule has 0 bridgehead atoms. The zero-order valence-corrected chi connectivity index (χ0v) is 17.3. The predicted molar refractivity (Wildman–Crippen MR) is 112 cm³/mol. The number of nitrogens with one attached hydrogen (secondary N) is 2. The van der Waals surface area contributed by atoms with Crippen LogP contribution in [-0.2, 0) is 20.0 Å². The van der Waals surface area contributed by atoms with E-state index in [0.29, 0.717) is 5.69 Å². The largest absolute Gasteiger partial charge is 0.280 e. The van der Waals surface area contributed by atoms with Crippen molar-refractivity contribution in [2.75, 3.05) is 9.44 Å². The van der Waals surface area contributed by atoms with Gasteiger partial charge in [0.1, 0.15) is 0 Å². The van der Waals surface area contributed by atoms with Crippen molar-refractivity contribution in [3.05, 3.63) is 88.5 Å². The van der Waals surface area contributed by atoms with Crippen molar-refractivity contribution in [3.8, 4) is 0 Å². The van der Waals surface area contributed by atoms with Crippen LogP contribution in [0.15, 0.2) is 82.6 Å². The minimum atomic E-state index is -4.09. The predicted octanol–water partition coefficient (Wildman–Crippen LogP) is 3.50. The molecule has 3 aromatic carbocycles. The lowest BCUT2D eigenvalue weighted by atomic mass is 10.2. The van der Waals surface area contributed by atoms with Gasteiger partial charge in [-0.3, -0.25) is 19.6 Å². The molecule has 0 amide bonds. The quantitative estimate of drug-likeness (QED) is 0.420. The number of para-hydroxylation sites is 1. The average Bonchev–Trinajstić information content (AvgIpc) is 2.70. The highest BCUT2D eigenvalue weighted by Gasteiger charge is 2.19. The first kappa shape index (κ1) is 21.3. The molecule has 0 saturated heterocycles. The molecule has 0 saturated carbocycles. The molecule has 0 heterocycles. The normalized spacial score (nSPS) is 11.6. The first-order valence-corrected chi connectivity index (χ1v) is 11.5. The summed E-state index contributed by atoms with van der Waals surface area (Å²) in [6.07, 6.45) is 0. The maximum Gasteiger partial charge on any atom is 0.270 e. The number of hydrogen-bond acceptors (Lipinski definition) is 6. The van der Waals surface area contributed by atoms with Gasteiger partial charge in [0.25, 0.3) is 25.7 Å². The number of hydrogen-bond donors (Lipinski definition) is 2. The van der Waals surface area contributed by atoms with E-state index in [4.69, 9.17) is 0 Å². The third kappa shape index (κ3) is 4.75. The Kier molecular flexibility index (Phi) is 5.76. The zero-order chi connectivity index (χ0) is 21.9. The third-order valence-electron chi connectivity index (χ3n) is 4.14. The smallest absolute Gasteiger partial charge is 0.270 e. The Labute approximate surface area is 173 Å². The van der Waals surface area contributed by atoms with E-state index in [9.17, 15) is 26.9 Å². The summed E-state index contributed by atoms with van der Waals surface area (Å²) in [4.78, 5) is 9.82. The standard InChI is InChI=1S/C19H17N3O6S2/c1-14-5-2-3-8-19(14)21-29(25,26)17-11-9-15(10-12-17)20-30(27,28)18-7-4-6-16(13-18)22(23)24/h2-13,20-21H,1H3. The molecule has 0 aliphatic carbocycles. The topological polar surface area (TPSA) is 135 Å². The lowest BCUT2D eigenvalue weighted by Gasteiger charge is -2.12. The number of rotatable bonds is 7. The van der Waals surface area contributed by atoms with E-state index < -0.39 is 25.0 Å². The van der Waals surface area contributed by atoms with Crippen LogP contribution in [0.2, 0.25) is 0 Å². The number of anilines is 2. The first-order valence-electron chi connectivity index (χ1n) is 8.54. The minimum absolute atomic E-state index is 0.0518. The van der Waals surface area contributed by atoms with Gasteiger partial charge in [0.2, 0.25) is 0 Å². The van der Waals surface area contributed by atoms with Crippen molar-refractivity contribution >= 4 is 37.1 Å². The molecule has 11 heteroatoms. The zero-order valence-electron chi connectivity index (χ0n) is 15.6. The fourth-order valence-corrected chi connectivity index (χ4v) is 4.80. The molecule has 2 N–H and O–H groups in total. The molecule has 0 radical (unpaired) electrons. The van der Waals surface area contributed by atoms with Crippen molar-refractivity contribution < 1.29 is 21.8 Å². The van der Waals surface area contributed by atoms with Crippen molar-refractivity contribution in [1.29, 1.82) is 0 Å². The minimum Gasteiger partial charge on any atom is -0.280 e. The van der Waals surface area contributed by atoms with Crippen LogP contribution in [0.25, 0.3) is 0 Å². The van der Waals surface area contributed by atoms with Gasteiger partial charge in [0.15, 0.2) is 0 Å². The molecular formula is C19H17N3O6S2. The van der Waals surface area contributed by atoms with Gasteiger partial charge in [0.05, 0.1) is 20.4 Å². The highest BCUT2D eigenvalue weighted by Crippen LogP contribution is 2.23. The Hall–Kier alpha value is -3.44. The summed E-state index contributed by atoms with van der Waals surface area (Å²) in [5, 5.41) is 10.8. The van der Waals surface area contributed by atoms with Gasteiger partial charge >= 0.3 is 0 Å². The Morgan fingerprint density at radius 3 is 2.03 bits per heavy atom. The average molecular weight is 447 g/mol. The van der Waals surface area contributed by atoms with Gasteiger partial charge in [-0.1, -0.05) is 24.3 Å². The van der Waals surface area contributed by atoms with Gasteiger partial charge in [-0.15, -0.1) is 0 Å². The van der Waals surface area contributed by atoms with Gasteiger partial charge in [-0.05, 0) is 48.9 Å². The molecule has 30 heavy (non-hydrogen) atoms. The second-order valence-electron chi connectivity index (χ2n) is 6.30. The summed E-state index contributed by atoms with van der Waals surface area (Å²) in [5.74, 6) is 0. The number of nitro benzene ring substituents is 1. The van der Waals surface area contributed by atoms with E-state index in [0.717, 1.165) is 11.6 Å². The summed E-state index contributed by atoms with van der Waals surface area (Å²) >= 11 is 0. The molecule has 3 rings (SSSR count). The number of aryl methyl sites for hydroxylation is 1. The van der Waals surface area contributed by atoms with Crippen LogP contribution in [0.4, 0.5) is 17.1 Å². The molecule has 156 valence electrons. The van der Waals surface area contributed by atoms with Crippen molar-refractivity contribution in [2.45, 2.75) is 16.7 Å². The van der Waals surface area contributed by atoms with Crippen LogP contribution in [0.1, 0.15) is 5.56 Å². The second-order valence-corrected chi connectivity index (χ2v) is 9.67. The molecule has 9 nitrogen and oxygen atoms in total. The van der Waals surface area contributed by atoms with E-state index in [1.165, 1.54) is 42.5 Å². The Morgan fingerprint density at radius 2 is 1.40 bits per heavy atom. The monoisotopic (exact) mass is 447 g/mol. The summed E-state index contributed by atoms with van der Waals surface area (Å²) in [7, 11) is -7.96. The van der Waals surface area contributed by atoms with Crippen molar-refractivity contribution in [1.82, 2.24) is 0 Å². The van der Waals surface area contributed by atoms with Crippen LogP contribution in [0.3, 0.4) is 0 Å². The van der Waals surface area contributed by atoms with Crippen LogP contribution < -0.4 is 9.44 Å². The summed E-state index contributed by atoms with van der Waals surface area (Å²) in [5.41, 5.74) is 0.938. The molecule has 0 fully saturated rings. The second kappa shape index (κ2) is 8.13. The highest BCUT2D eigenvalue weighted by atomic mass is 32.2. The lowest BCUT2D eigenvalue weighted by molar-refractivity contribution is -0.385. The fourth-order valence-electron chi connectivity index (χ4n) is 2.57. The van der Waals surface area contributed by atoms with Gasteiger partial charge in [0, 0.05) is 17.8 Å². The van der Waals surface area contributed by atoms with Gasteiger partial charge in [-0.2, -0.15) is 0 Å². The summed E-state index contributed by atoms with van der Waals surface area (Å²) < 4.78 is 54.8. The van der Waals surface area contributed by atoms with E-state index in [1.54, 1.807) is 31.2 Å². The van der Waals surface area contributed by atoms with Gasteiger partial charge < -0.3 is 0 Å². The van der Waals surface area contributed by atoms with Crippen LogP contribution in [0, 0.1) is 17.0 Å². The lowest BCUT2D eigenvalue weighted by Crippen LogP contribution is -2.15. The van der Waals surface area contributed by atoms with Crippen molar-refractivity contribution in [3.63, 3.8) is 0 Å². The van der Waals surface area contributed by atoms with Crippen LogP contribution in [-0.4, -0.2) is 21.8 Å². The molecule has 0 aliphatic rings. The van der Waals surface area contributed by atoms with E-state index in [1.807, 2.05) is 0 Å². The molecule has 0 spiro atoms. The number of non-ortho nitro benzene ring substituents is 1. The first-order chi connectivity index (χ1) is 14.1. The molecular weight excluding hydrogens is 430 g/mol. The summed E-state index contributed by atoms with van der Waals surface area (Å²) in [6.45, 7) is 1.77. The molecule has 0 unspecified atom stereocenters. The van der Waals surface area contributed by atoms with E-state index >= 15 is 0 Å². The van der Waals surface area contributed by atoms with Crippen molar-refractivity contribution in [2.24, 2.45) is 0 Å². The highest BCUT2D eigenvalue weighted by molar-refractivity contribution is 7.93. The SMILES string of the molecule is Cc1ccccc1NS(=O)(=O)c1ccc(NS(=O)(=O)c2cccc([N+](=O)[O-])c2)cc1. The molecule has 0 aromatic heterocycles. The number of nitrogens with zero attached hydrogens (tertiary/aromatic N) is 1.